The van der Waals surface area contributed by atoms with Gasteiger partial charge in [0.25, 0.3) is 0 Å². The molecule has 0 bridgehead atoms. The maximum absolute atomic E-state index is 12.1. The maximum Gasteiger partial charge on any atom is 0.414 e. The Labute approximate surface area is 125 Å². The number of anilines is 1. The molecule has 0 unspecified atom stereocenters. The molecule has 0 spiro atoms. The van der Waals surface area contributed by atoms with Crippen LogP contribution in [0, 0.1) is 0 Å². The number of aromatic nitrogens is 5. The third-order valence-corrected chi connectivity index (χ3v) is 3.78. The number of hydrogen-bond donors (Lipinski definition) is 0. The second-order valence-electron chi connectivity index (χ2n) is 5.25. The number of cyclic esters (lactones) is 1. The molecule has 3 heterocycles. The predicted octanol–water partition coefficient (Wildman–Crippen LogP) is 1.19. The number of amides is 1. The van der Waals surface area contributed by atoms with E-state index in [1.807, 2.05) is 25.2 Å². The number of benzene rings is 1. The lowest BCUT2D eigenvalue weighted by Gasteiger charge is -2.13. The third-order valence-electron chi connectivity index (χ3n) is 3.78. The van der Waals surface area contributed by atoms with E-state index in [0.29, 0.717) is 13.1 Å². The van der Waals surface area contributed by atoms with E-state index >= 15 is 0 Å². The highest BCUT2D eigenvalue weighted by atomic mass is 16.6. The summed E-state index contributed by atoms with van der Waals surface area (Å²) in [7, 11) is 1.89. The second kappa shape index (κ2) is 4.83. The van der Waals surface area contributed by atoms with Gasteiger partial charge in [0.15, 0.2) is 0 Å². The van der Waals surface area contributed by atoms with Gasteiger partial charge in [0.1, 0.15) is 6.10 Å². The molecule has 3 aromatic rings. The molecule has 0 radical (unpaired) electrons. The number of nitrogens with zero attached hydrogens (tertiary/aromatic N) is 6. The molecule has 4 rings (SSSR count). The van der Waals surface area contributed by atoms with Gasteiger partial charge in [-0.3, -0.25) is 9.58 Å². The smallest absolute Gasteiger partial charge is 0.414 e. The van der Waals surface area contributed by atoms with E-state index in [-0.39, 0.29) is 12.2 Å². The molecule has 0 aliphatic carbocycles. The Hall–Kier alpha value is -2.90. The average Bonchev–Trinajstić information content (AvgIpc) is 3.21. The SMILES string of the molecule is Cn1ncc2cc(N3C[C@H](Cn4ccnn4)OC3=O)ccc21. The zero-order valence-corrected chi connectivity index (χ0v) is 12.0. The van der Waals surface area contributed by atoms with Crippen LogP contribution in [0.1, 0.15) is 0 Å². The van der Waals surface area contributed by atoms with Crippen LogP contribution in [0.5, 0.6) is 0 Å². The van der Waals surface area contributed by atoms with Gasteiger partial charge in [0, 0.05) is 24.3 Å². The van der Waals surface area contributed by atoms with E-state index in [4.69, 9.17) is 4.74 Å². The molecule has 0 saturated carbocycles. The first kappa shape index (κ1) is 12.8. The largest absolute Gasteiger partial charge is 0.442 e. The van der Waals surface area contributed by atoms with E-state index < -0.39 is 0 Å². The summed E-state index contributed by atoms with van der Waals surface area (Å²) < 4.78 is 8.86. The Kier molecular flexibility index (Phi) is 2.81. The van der Waals surface area contributed by atoms with Gasteiger partial charge in [0.2, 0.25) is 0 Å². The minimum absolute atomic E-state index is 0.237. The molecule has 1 aromatic carbocycles. The van der Waals surface area contributed by atoms with Crippen molar-refractivity contribution in [2.45, 2.75) is 12.6 Å². The summed E-state index contributed by atoms with van der Waals surface area (Å²) in [6.45, 7) is 0.988. The fourth-order valence-electron chi connectivity index (χ4n) is 2.69. The average molecular weight is 298 g/mol. The molecule has 8 heteroatoms. The molecule has 1 atom stereocenters. The monoisotopic (exact) mass is 298 g/mol. The van der Waals surface area contributed by atoms with Crippen molar-refractivity contribution in [3.05, 3.63) is 36.8 Å². The van der Waals surface area contributed by atoms with E-state index in [1.165, 1.54) is 0 Å². The summed E-state index contributed by atoms with van der Waals surface area (Å²) in [4.78, 5) is 13.7. The van der Waals surface area contributed by atoms with Gasteiger partial charge in [0.05, 0.1) is 31.0 Å². The molecular formula is C14H14N6O2. The maximum atomic E-state index is 12.1. The predicted molar refractivity (Wildman–Crippen MR) is 78.4 cm³/mol. The summed E-state index contributed by atoms with van der Waals surface area (Å²) >= 11 is 0. The van der Waals surface area contributed by atoms with Gasteiger partial charge in [-0.25, -0.2) is 9.48 Å². The van der Waals surface area contributed by atoms with Gasteiger partial charge in [-0.15, -0.1) is 5.10 Å². The Morgan fingerprint density at radius 2 is 2.32 bits per heavy atom. The highest BCUT2D eigenvalue weighted by molar-refractivity contribution is 5.93. The molecule has 0 N–H and O–H groups in total. The van der Waals surface area contributed by atoms with Crippen LogP contribution in [0.3, 0.4) is 0 Å². The summed E-state index contributed by atoms with van der Waals surface area (Å²) in [6.07, 6.45) is 4.56. The van der Waals surface area contributed by atoms with Gasteiger partial charge in [-0.1, -0.05) is 5.21 Å². The van der Waals surface area contributed by atoms with E-state index in [9.17, 15) is 4.79 Å². The van der Waals surface area contributed by atoms with Crippen molar-refractivity contribution in [3.63, 3.8) is 0 Å². The van der Waals surface area contributed by atoms with Crippen LogP contribution in [0.15, 0.2) is 36.8 Å². The van der Waals surface area contributed by atoms with Crippen LogP contribution < -0.4 is 4.90 Å². The lowest BCUT2D eigenvalue weighted by molar-refractivity contribution is 0.129. The van der Waals surface area contributed by atoms with Crippen LogP contribution >= 0.6 is 0 Å². The van der Waals surface area contributed by atoms with Gasteiger partial charge >= 0.3 is 6.09 Å². The molecule has 22 heavy (non-hydrogen) atoms. The topological polar surface area (TPSA) is 78.1 Å². The molecule has 1 amide bonds. The number of carbonyl (C=O) groups excluding carboxylic acids is 1. The minimum Gasteiger partial charge on any atom is -0.442 e. The van der Waals surface area contributed by atoms with Crippen molar-refractivity contribution in [1.82, 2.24) is 24.8 Å². The lowest BCUT2D eigenvalue weighted by Crippen LogP contribution is -2.26. The van der Waals surface area contributed by atoms with E-state index in [1.54, 1.807) is 32.9 Å². The Balaban J connectivity index is 1.57. The summed E-state index contributed by atoms with van der Waals surface area (Å²) in [5.74, 6) is 0. The van der Waals surface area contributed by atoms with Gasteiger partial charge < -0.3 is 4.74 Å². The van der Waals surface area contributed by atoms with Gasteiger partial charge in [-0.05, 0) is 18.2 Å². The first-order chi connectivity index (χ1) is 10.7. The molecule has 2 aromatic heterocycles. The normalized spacial score (nSPS) is 18.1. The first-order valence-corrected chi connectivity index (χ1v) is 6.95. The van der Waals surface area contributed by atoms with Crippen LogP contribution in [0.25, 0.3) is 10.9 Å². The quantitative estimate of drug-likeness (QED) is 0.726. The number of carbonyl (C=O) groups is 1. The zero-order chi connectivity index (χ0) is 15.1. The summed E-state index contributed by atoms with van der Waals surface area (Å²) in [5.41, 5.74) is 1.84. The van der Waals surface area contributed by atoms with Crippen molar-refractivity contribution >= 4 is 22.7 Å². The Bertz CT molecular complexity index is 825. The van der Waals surface area contributed by atoms with Crippen molar-refractivity contribution < 1.29 is 9.53 Å². The molecule has 8 nitrogen and oxygen atoms in total. The van der Waals surface area contributed by atoms with E-state index in [0.717, 1.165) is 16.6 Å². The first-order valence-electron chi connectivity index (χ1n) is 6.95. The summed E-state index contributed by atoms with van der Waals surface area (Å²) in [6, 6.07) is 5.81. The molecule has 1 saturated heterocycles. The van der Waals surface area contributed by atoms with Crippen molar-refractivity contribution in [3.8, 4) is 0 Å². The van der Waals surface area contributed by atoms with Crippen LogP contribution in [-0.2, 0) is 18.3 Å². The number of ether oxygens (including phenoxy) is 1. The Morgan fingerprint density at radius 3 is 3.14 bits per heavy atom. The molecule has 112 valence electrons. The van der Waals surface area contributed by atoms with Crippen molar-refractivity contribution in [2.75, 3.05) is 11.4 Å². The number of rotatable bonds is 3. The molecular weight excluding hydrogens is 284 g/mol. The van der Waals surface area contributed by atoms with Crippen LogP contribution in [0.4, 0.5) is 10.5 Å². The van der Waals surface area contributed by atoms with Crippen molar-refractivity contribution in [2.24, 2.45) is 7.05 Å². The number of fused-ring (bicyclic) bond motifs is 1. The van der Waals surface area contributed by atoms with E-state index in [2.05, 4.69) is 15.4 Å². The number of aryl methyl sites for hydroxylation is 1. The third kappa shape index (κ3) is 2.09. The lowest BCUT2D eigenvalue weighted by atomic mass is 10.2. The minimum atomic E-state index is -0.339. The zero-order valence-electron chi connectivity index (χ0n) is 12.0. The molecule has 1 fully saturated rings. The van der Waals surface area contributed by atoms with Crippen molar-refractivity contribution in [1.29, 1.82) is 0 Å². The van der Waals surface area contributed by atoms with Crippen LogP contribution in [-0.4, -0.2) is 43.5 Å². The second-order valence-corrected chi connectivity index (χ2v) is 5.25. The molecule has 1 aliphatic heterocycles. The summed E-state index contributed by atoms with van der Waals surface area (Å²) in [5, 5.41) is 12.8. The Morgan fingerprint density at radius 1 is 1.41 bits per heavy atom. The standard InChI is InChI=1S/C14H14N6O2/c1-18-13-3-2-11(6-10(13)7-16-18)20-9-12(22-14(20)21)8-19-5-4-15-17-19/h2-7,12H,8-9H2,1H3/t12-/m0/s1. The fourth-order valence-corrected chi connectivity index (χ4v) is 2.69. The molecule has 1 aliphatic rings. The number of hydrogen-bond acceptors (Lipinski definition) is 5. The highest BCUT2D eigenvalue weighted by Crippen LogP contribution is 2.26. The van der Waals surface area contributed by atoms with Gasteiger partial charge in [-0.2, -0.15) is 5.10 Å². The fraction of sp³-hybridized carbons (Fsp3) is 0.286. The highest BCUT2D eigenvalue weighted by Gasteiger charge is 2.32. The van der Waals surface area contributed by atoms with Crippen LogP contribution in [0.2, 0.25) is 0 Å².